The third-order valence-electron chi connectivity index (χ3n) is 5.13. The van der Waals surface area contributed by atoms with Crippen LogP contribution in [0.2, 0.25) is 0 Å². The fourth-order valence-corrected chi connectivity index (χ4v) is 3.42. The molecule has 174 valence electrons. The van der Waals surface area contributed by atoms with Gasteiger partial charge in [-0.1, -0.05) is 13.8 Å². The molecule has 2 aromatic heterocycles. The summed E-state index contributed by atoms with van der Waals surface area (Å²) in [6, 6.07) is 7.80. The van der Waals surface area contributed by atoms with Crippen LogP contribution in [0.4, 0.5) is 4.39 Å². The van der Waals surface area contributed by atoms with E-state index in [-0.39, 0.29) is 23.6 Å². The van der Waals surface area contributed by atoms with Gasteiger partial charge in [-0.05, 0) is 36.8 Å². The molecule has 1 fully saturated rings. The summed E-state index contributed by atoms with van der Waals surface area (Å²) >= 11 is 0. The first-order valence-corrected chi connectivity index (χ1v) is 10.8. The number of hydrogen-bond acceptors (Lipinski definition) is 7. The molecule has 1 aliphatic heterocycles. The van der Waals surface area contributed by atoms with Crippen molar-refractivity contribution in [3.05, 3.63) is 48.2 Å². The van der Waals surface area contributed by atoms with Gasteiger partial charge in [0.1, 0.15) is 5.82 Å². The highest BCUT2D eigenvalue weighted by molar-refractivity contribution is 5.85. The molecule has 0 aliphatic carbocycles. The first kappa shape index (κ1) is 22.8. The number of H-pyrrole nitrogens is 1. The van der Waals surface area contributed by atoms with Gasteiger partial charge in [-0.2, -0.15) is 4.98 Å². The van der Waals surface area contributed by atoms with E-state index in [1.165, 1.54) is 19.2 Å². The van der Waals surface area contributed by atoms with Crippen LogP contribution in [-0.2, 0) is 20.1 Å². The van der Waals surface area contributed by atoms with Gasteiger partial charge in [0.25, 0.3) is 5.91 Å². The Balaban J connectivity index is 1.85. The van der Waals surface area contributed by atoms with Crippen molar-refractivity contribution in [2.24, 2.45) is 5.92 Å². The first-order chi connectivity index (χ1) is 16.0. The second-order valence-electron chi connectivity index (χ2n) is 7.81. The number of amides is 1. The third kappa shape index (κ3) is 4.57. The minimum absolute atomic E-state index is 0.119. The van der Waals surface area contributed by atoms with E-state index in [0.29, 0.717) is 42.5 Å². The zero-order valence-corrected chi connectivity index (χ0v) is 18.7. The number of aromatic nitrogens is 4. The molecule has 1 aromatic carbocycles. The van der Waals surface area contributed by atoms with Crippen LogP contribution in [0, 0.1) is 11.7 Å². The molecule has 1 amide bonds. The normalized spacial score (nSPS) is 20.4. The molecule has 3 aromatic rings. The van der Waals surface area contributed by atoms with Crippen LogP contribution in [-0.4, -0.2) is 52.7 Å². The third-order valence-corrected chi connectivity index (χ3v) is 5.13. The number of nitrogens with one attached hydrogen (secondary N) is 2. The zero-order valence-electron chi connectivity index (χ0n) is 18.7. The van der Waals surface area contributed by atoms with Gasteiger partial charge in [-0.15, -0.1) is 0 Å². The number of nitrogens with zero attached hydrogens (tertiary/aromatic N) is 3. The highest BCUT2D eigenvalue weighted by atomic mass is 19.1. The summed E-state index contributed by atoms with van der Waals surface area (Å²) in [5, 5.41) is 2.59. The number of benzene rings is 1. The molecule has 4 rings (SSSR count). The minimum Gasteiger partial charge on any atom is -0.463 e. The summed E-state index contributed by atoms with van der Waals surface area (Å²) in [5.74, 6) is -2.33. The van der Waals surface area contributed by atoms with Crippen molar-refractivity contribution in [1.29, 1.82) is 0 Å². The molecule has 0 unspecified atom stereocenters. The van der Waals surface area contributed by atoms with Gasteiger partial charge in [0.15, 0.2) is 5.82 Å². The Hall–Kier alpha value is -3.37. The Bertz CT molecular complexity index is 1110. The first-order valence-electron chi connectivity index (χ1n) is 10.8. The SMILES string of the molecule is CCCOc1nccc(-c2[nH]c(C3(C(=O)NC)OCC(C)CO3)nc2-c2ccc(F)cc2)n1. The lowest BCUT2D eigenvalue weighted by Gasteiger charge is -2.36. The standard InChI is InChI=1S/C23H26FN5O4/c1-4-11-31-22-26-10-9-17(27-22)19-18(15-5-7-16(24)8-6-15)28-20(29-19)23(21(30)25-3)32-12-14(2)13-33-23/h5-10,14H,4,11-13H2,1-3H3,(H,25,30)(H,28,29). The van der Waals surface area contributed by atoms with Crippen LogP contribution in [0.25, 0.3) is 22.6 Å². The van der Waals surface area contributed by atoms with E-state index >= 15 is 0 Å². The number of rotatable bonds is 7. The number of halogens is 1. The maximum absolute atomic E-state index is 13.6. The van der Waals surface area contributed by atoms with Crippen LogP contribution < -0.4 is 10.1 Å². The molecule has 3 heterocycles. The molecule has 9 nitrogen and oxygen atoms in total. The number of carbonyl (C=O) groups excluding carboxylic acids is 1. The molecule has 1 saturated heterocycles. The smallest absolute Gasteiger partial charge is 0.316 e. The zero-order chi connectivity index (χ0) is 23.4. The Kier molecular flexibility index (Phi) is 6.66. The van der Waals surface area contributed by atoms with Crippen LogP contribution in [0.5, 0.6) is 6.01 Å². The van der Waals surface area contributed by atoms with Crippen LogP contribution in [0.1, 0.15) is 26.1 Å². The summed E-state index contributed by atoms with van der Waals surface area (Å²) in [4.78, 5) is 29.4. The predicted octanol–water partition coefficient (Wildman–Crippen LogP) is 3.04. The van der Waals surface area contributed by atoms with Crippen molar-refractivity contribution >= 4 is 5.91 Å². The highest BCUT2D eigenvalue weighted by Crippen LogP contribution is 2.37. The van der Waals surface area contributed by atoms with Gasteiger partial charge >= 0.3 is 11.8 Å². The number of likely N-dealkylation sites (N-methyl/N-ethyl adjacent to an activating group) is 1. The van der Waals surface area contributed by atoms with Crippen molar-refractivity contribution < 1.29 is 23.4 Å². The largest absolute Gasteiger partial charge is 0.463 e. The number of carbonyl (C=O) groups is 1. The minimum atomic E-state index is -1.75. The number of hydrogen-bond donors (Lipinski definition) is 2. The number of aromatic amines is 1. The van der Waals surface area contributed by atoms with Crippen molar-refractivity contribution in [3.63, 3.8) is 0 Å². The van der Waals surface area contributed by atoms with Crippen LogP contribution in [0.3, 0.4) is 0 Å². The molecule has 10 heteroatoms. The van der Waals surface area contributed by atoms with Crippen molar-refractivity contribution in [1.82, 2.24) is 25.3 Å². The average molecular weight is 455 g/mol. The molecule has 0 saturated carbocycles. The van der Waals surface area contributed by atoms with Gasteiger partial charge < -0.3 is 24.5 Å². The highest BCUT2D eigenvalue weighted by Gasteiger charge is 2.49. The molecule has 0 atom stereocenters. The summed E-state index contributed by atoms with van der Waals surface area (Å²) in [7, 11) is 1.50. The van der Waals surface area contributed by atoms with Crippen molar-refractivity contribution in [3.8, 4) is 28.7 Å². The van der Waals surface area contributed by atoms with E-state index < -0.39 is 11.7 Å². The fraction of sp³-hybridized carbons (Fsp3) is 0.391. The lowest BCUT2D eigenvalue weighted by molar-refractivity contribution is -0.277. The molecule has 1 aliphatic rings. The van der Waals surface area contributed by atoms with Gasteiger partial charge in [-0.25, -0.2) is 14.4 Å². The van der Waals surface area contributed by atoms with E-state index in [1.807, 2.05) is 13.8 Å². The van der Waals surface area contributed by atoms with Gasteiger partial charge in [0.2, 0.25) is 0 Å². The Morgan fingerprint density at radius 1 is 1.24 bits per heavy atom. The topological polar surface area (TPSA) is 111 Å². The van der Waals surface area contributed by atoms with Crippen molar-refractivity contribution in [2.45, 2.75) is 26.1 Å². The summed E-state index contributed by atoms with van der Waals surface area (Å²) in [5.41, 5.74) is 2.07. The van der Waals surface area contributed by atoms with Crippen LogP contribution >= 0.6 is 0 Å². The molecule has 0 spiro atoms. The van der Waals surface area contributed by atoms with E-state index in [1.54, 1.807) is 24.4 Å². The van der Waals surface area contributed by atoms with E-state index in [9.17, 15) is 9.18 Å². The Labute approximate surface area is 190 Å². The molecule has 0 bridgehead atoms. The number of imidazole rings is 1. The Morgan fingerprint density at radius 2 is 1.97 bits per heavy atom. The van der Waals surface area contributed by atoms with Gasteiger partial charge in [0, 0.05) is 24.7 Å². The molecular formula is C23H26FN5O4. The summed E-state index contributed by atoms with van der Waals surface area (Å²) < 4.78 is 31.0. The summed E-state index contributed by atoms with van der Waals surface area (Å²) in [6.07, 6.45) is 2.39. The van der Waals surface area contributed by atoms with E-state index in [4.69, 9.17) is 14.2 Å². The van der Waals surface area contributed by atoms with Crippen LogP contribution in [0.15, 0.2) is 36.5 Å². The number of ether oxygens (including phenoxy) is 3. The van der Waals surface area contributed by atoms with E-state index in [0.717, 1.165) is 6.42 Å². The lowest BCUT2D eigenvalue weighted by Crippen LogP contribution is -2.52. The van der Waals surface area contributed by atoms with Gasteiger partial charge in [-0.3, -0.25) is 4.79 Å². The second kappa shape index (κ2) is 9.63. The van der Waals surface area contributed by atoms with Gasteiger partial charge in [0.05, 0.1) is 36.9 Å². The predicted molar refractivity (Wildman–Crippen MR) is 118 cm³/mol. The average Bonchev–Trinajstić information content (AvgIpc) is 3.29. The lowest BCUT2D eigenvalue weighted by atomic mass is 10.1. The maximum Gasteiger partial charge on any atom is 0.316 e. The van der Waals surface area contributed by atoms with Crippen molar-refractivity contribution in [2.75, 3.05) is 26.9 Å². The van der Waals surface area contributed by atoms with E-state index in [2.05, 4.69) is 25.3 Å². The Morgan fingerprint density at radius 3 is 2.64 bits per heavy atom. The monoisotopic (exact) mass is 455 g/mol. The molecule has 33 heavy (non-hydrogen) atoms. The molecular weight excluding hydrogens is 429 g/mol. The maximum atomic E-state index is 13.6. The fourth-order valence-electron chi connectivity index (χ4n) is 3.42. The molecule has 0 radical (unpaired) electrons. The summed E-state index contributed by atoms with van der Waals surface area (Å²) in [6.45, 7) is 5.06. The second-order valence-corrected chi connectivity index (χ2v) is 7.81. The molecule has 2 N–H and O–H groups in total. The quantitative estimate of drug-likeness (QED) is 0.563.